The number of hydrogen-bond donors (Lipinski definition) is 0. The van der Waals surface area contributed by atoms with Crippen molar-refractivity contribution in [3.8, 4) is 0 Å². The summed E-state index contributed by atoms with van der Waals surface area (Å²) in [6.45, 7) is 2.46. The maximum Gasteiger partial charge on any atom is 0.0579 e. The largest absolute Gasteiger partial charge is 0.375 e. The van der Waals surface area contributed by atoms with E-state index < -0.39 is 0 Å². The Balaban J connectivity index is 0.927. The minimum atomic E-state index is 0.529. The average molecular weight is 507 g/mol. The first-order chi connectivity index (χ1) is 18.1. The van der Waals surface area contributed by atoms with Crippen molar-refractivity contribution >= 4 is 0 Å². The van der Waals surface area contributed by atoms with E-state index in [0.717, 1.165) is 42.7 Å². The number of allylic oxidation sites excluding steroid dienone is 3. The maximum absolute atomic E-state index is 6.77. The molecule has 4 aliphatic carbocycles. The standard InChI is InChI=1S/C34H54N2O/c1-35-21-19-27-7-3-5-9-31(27)33(35)23-25-11-15-29(16-12-25)37-30-17-13-26(14-18-30)24-34-32-10-6-4-8-28(32)20-22-36(34)2/h3,5,9,19,25-26,28-30,32-34H,4,6-8,10-18,20-24H2,1-2H3. The minimum Gasteiger partial charge on any atom is -0.375 e. The number of ether oxygens (including phenoxy) is 1. The molecule has 37 heavy (non-hydrogen) atoms. The van der Waals surface area contributed by atoms with Gasteiger partial charge in [0, 0.05) is 18.6 Å². The predicted octanol–water partition coefficient (Wildman–Crippen LogP) is 7.54. The number of nitrogens with zero attached hydrogens (tertiary/aromatic N) is 2. The summed E-state index contributed by atoms with van der Waals surface area (Å²) < 4.78 is 6.77. The number of likely N-dealkylation sites (tertiary alicyclic amines) is 1. The first-order valence-electron chi connectivity index (χ1n) is 16.3. The van der Waals surface area contributed by atoms with Gasteiger partial charge in [-0.05, 0) is 139 Å². The van der Waals surface area contributed by atoms with Crippen molar-refractivity contribution in [3.05, 3.63) is 35.5 Å². The monoisotopic (exact) mass is 506 g/mol. The fraction of sp³-hybridized carbons (Fsp3) is 0.824. The van der Waals surface area contributed by atoms with Crippen LogP contribution in [0.4, 0.5) is 0 Å². The summed E-state index contributed by atoms with van der Waals surface area (Å²) in [7, 11) is 4.74. The molecule has 3 heteroatoms. The summed E-state index contributed by atoms with van der Waals surface area (Å²) in [6, 6.07) is 1.49. The zero-order valence-electron chi connectivity index (χ0n) is 24.0. The Kier molecular flexibility index (Phi) is 8.60. The summed E-state index contributed by atoms with van der Waals surface area (Å²) in [4.78, 5) is 5.33. The van der Waals surface area contributed by atoms with Crippen molar-refractivity contribution in [1.29, 1.82) is 0 Å². The van der Waals surface area contributed by atoms with Crippen molar-refractivity contribution < 1.29 is 4.74 Å². The Bertz CT molecular complexity index is 844. The van der Waals surface area contributed by atoms with E-state index >= 15 is 0 Å². The summed E-state index contributed by atoms with van der Waals surface area (Å²) in [5, 5.41) is 0. The molecule has 6 aliphatic rings. The van der Waals surface area contributed by atoms with E-state index in [0.29, 0.717) is 18.2 Å². The molecule has 0 aromatic rings. The molecule has 0 radical (unpaired) electrons. The van der Waals surface area contributed by atoms with E-state index in [-0.39, 0.29) is 0 Å². The third-order valence-corrected chi connectivity index (χ3v) is 11.6. The van der Waals surface area contributed by atoms with Gasteiger partial charge >= 0.3 is 0 Å². The Morgan fingerprint density at radius 2 is 1.49 bits per heavy atom. The zero-order chi connectivity index (χ0) is 25.2. The van der Waals surface area contributed by atoms with Crippen LogP contribution in [0.2, 0.25) is 0 Å². The zero-order valence-corrected chi connectivity index (χ0v) is 24.0. The first-order valence-corrected chi connectivity index (χ1v) is 16.3. The van der Waals surface area contributed by atoms with E-state index in [4.69, 9.17) is 4.74 Å². The predicted molar refractivity (Wildman–Crippen MR) is 155 cm³/mol. The lowest BCUT2D eigenvalue weighted by molar-refractivity contribution is -0.0609. The van der Waals surface area contributed by atoms with Crippen LogP contribution in [0.15, 0.2) is 35.5 Å². The second-order valence-corrected chi connectivity index (χ2v) is 13.9. The molecular weight excluding hydrogens is 452 g/mol. The highest BCUT2D eigenvalue weighted by molar-refractivity contribution is 5.44. The van der Waals surface area contributed by atoms with Crippen LogP contribution in [0.3, 0.4) is 0 Å². The molecule has 0 aromatic carbocycles. The fourth-order valence-corrected chi connectivity index (χ4v) is 9.30. The van der Waals surface area contributed by atoms with Crippen LogP contribution in [-0.2, 0) is 4.74 Å². The molecule has 6 rings (SSSR count). The number of rotatable bonds is 6. The molecule has 4 fully saturated rings. The Hall–Kier alpha value is -0.900. The normalized spacial score (nSPS) is 41.5. The van der Waals surface area contributed by atoms with Crippen LogP contribution < -0.4 is 0 Å². The molecule has 2 aliphatic heterocycles. The second kappa shape index (κ2) is 12.1. The van der Waals surface area contributed by atoms with Gasteiger partial charge in [0.05, 0.1) is 12.2 Å². The summed E-state index contributed by atoms with van der Waals surface area (Å²) in [6.07, 6.45) is 32.7. The fourth-order valence-electron chi connectivity index (χ4n) is 9.30. The molecule has 206 valence electrons. The summed E-state index contributed by atoms with van der Waals surface area (Å²) >= 11 is 0. The first kappa shape index (κ1) is 26.3. The number of piperidine rings is 1. The number of likely N-dealkylation sites (N-methyl/N-ethyl adjacent to an activating group) is 1. The number of hydrogen-bond acceptors (Lipinski definition) is 3. The third kappa shape index (κ3) is 6.15. The Labute approximate surface area is 227 Å². The van der Waals surface area contributed by atoms with Gasteiger partial charge < -0.3 is 9.64 Å². The van der Waals surface area contributed by atoms with E-state index in [2.05, 4.69) is 48.2 Å². The average Bonchev–Trinajstić information content (AvgIpc) is 2.94. The van der Waals surface area contributed by atoms with Crippen LogP contribution in [-0.4, -0.2) is 61.3 Å². The van der Waals surface area contributed by atoms with E-state index in [9.17, 15) is 0 Å². The van der Waals surface area contributed by atoms with Crippen LogP contribution in [0.25, 0.3) is 0 Å². The van der Waals surface area contributed by atoms with Crippen molar-refractivity contribution in [1.82, 2.24) is 9.80 Å². The molecule has 2 heterocycles. The topological polar surface area (TPSA) is 15.7 Å². The highest BCUT2D eigenvalue weighted by Crippen LogP contribution is 2.43. The molecule has 3 saturated carbocycles. The van der Waals surface area contributed by atoms with Crippen molar-refractivity contribution in [2.75, 3.05) is 27.2 Å². The molecule has 4 unspecified atom stereocenters. The van der Waals surface area contributed by atoms with Gasteiger partial charge in [-0.15, -0.1) is 0 Å². The lowest BCUT2D eigenvalue weighted by Gasteiger charge is -2.48. The van der Waals surface area contributed by atoms with Gasteiger partial charge in [0.25, 0.3) is 0 Å². The molecule has 1 saturated heterocycles. The van der Waals surface area contributed by atoms with Crippen LogP contribution in [0, 0.1) is 23.7 Å². The Morgan fingerprint density at radius 3 is 2.24 bits per heavy atom. The summed E-state index contributed by atoms with van der Waals surface area (Å²) in [5.74, 6) is 3.85. The highest BCUT2D eigenvalue weighted by atomic mass is 16.5. The molecule has 0 bridgehead atoms. The van der Waals surface area contributed by atoms with Crippen molar-refractivity contribution in [3.63, 3.8) is 0 Å². The van der Waals surface area contributed by atoms with Gasteiger partial charge in [-0.2, -0.15) is 0 Å². The molecule has 0 N–H and O–H groups in total. The molecule has 4 atom stereocenters. The van der Waals surface area contributed by atoms with Crippen LogP contribution in [0.1, 0.15) is 103 Å². The molecule has 3 nitrogen and oxygen atoms in total. The van der Waals surface area contributed by atoms with Gasteiger partial charge in [-0.3, -0.25) is 4.90 Å². The number of fused-ring (bicyclic) bond motifs is 2. The molecule has 0 aromatic heterocycles. The van der Waals surface area contributed by atoms with Crippen molar-refractivity contribution in [2.24, 2.45) is 23.7 Å². The quantitative estimate of drug-likeness (QED) is 0.370. The molecular formula is C34H54N2O. The second-order valence-electron chi connectivity index (χ2n) is 13.9. The minimum absolute atomic E-state index is 0.529. The lowest BCUT2D eigenvalue weighted by Crippen LogP contribution is -2.49. The smallest absolute Gasteiger partial charge is 0.0579 e. The van der Waals surface area contributed by atoms with Gasteiger partial charge in [-0.1, -0.05) is 43.6 Å². The van der Waals surface area contributed by atoms with E-state index in [1.807, 2.05) is 0 Å². The van der Waals surface area contributed by atoms with E-state index in [1.165, 1.54) is 103 Å². The van der Waals surface area contributed by atoms with Gasteiger partial charge in [-0.25, -0.2) is 0 Å². The highest BCUT2D eigenvalue weighted by Gasteiger charge is 2.39. The molecule has 0 spiro atoms. The van der Waals surface area contributed by atoms with Gasteiger partial charge in [0.1, 0.15) is 0 Å². The van der Waals surface area contributed by atoms with E-state index in [1.54, 1.807) is 11.1 Å². The summed E-state index contributed by atoms with van der Waals surface area (Å²) in [5.41, 5.74) is 3.19. The lowest BCUT2D eigenvalue weighted by atomic mass is 9.68. The van der Waals surface area contributed by atoms with Gasteiger partial charge in [0.2, 0.25) is 0 Å². The SMILES string of the molecule is CN1CC=C2CC=CC=C2C1CC1CCC(OC2CCC(CC3C4CCCCC4CCN3C)CC2)CC1. The maximum atomic E-state index is 6.77. The van der Waals surface area contributed by atoms with Crippen LogP contribution in [0.5, 0.6) is 0 Å². The van der Waals surface area contributed by atoms with Gasteiger partial charge in [0.15, 0.2) is 0 Å². The third-order valence-electron chi connectivity index (χ3n) is 11.6. The Morgan fingerprint density at radius 1 is 0.784 bits per heavy atom. The van der Waals surface area contributed by atoms with Crippen LogP contribution >= 0.6 is 0 Å². The van der Waals surface area contributed by atoms with Crippen molar-refractivity contribution in [2.45, 2.75) is 127 Å². The molecule has 0 amide bonds.